The number of hydrogen-bond acceptors (Lipinski definition) is 3. The predicted octanol–water partition coefficient (Wildman–Crippen LogP) is 4.89. The van der Waals surface area contributed by atoms with Crippen LogP contribution >= 0.6 is 0 Å². The van der Waals surface area contributed by atoms with Crippen LogP contribution in [0, 0.1) is 5.82 Å². The van der Waals surface area contributed by atoms with Gasteiger partial charge in [-0.25, -0.2) is 9.18 Å². The molecule has 3 aromatic carbocycles. The number of carbonyl (C=O) groups excluding carboxylic acids is 1. The second-order valence-electron chi connectivity index (χ2n) is 5.63. The molecule has 0 heterocycles. The molecule has 3 aromatic rings. The summed E-state index contributed by atoms with van der Waals surface area (Å²) in [6.45, 7) is 0.616. The highest BCUT2D eigenvalue weighted by Crippen LogP contribution is 2.21. The Kier molecular flexibility index (Phi) is 5.09. The van der Waals surface area contributed by atoms with Gasteiger partial charge in [-0.1, -0.05) is 42.5 Å². The zero-order valence-corrected chi connectivity index (χ0v) is 13.8. The second kappa shape index (κ2) is 7.62. The lowest BCUT2D eigenvalue weighted by atomic mass is 10.0. The SMILES string of the molecule is COC(=O)c1ccc(-c2ccc(CNc3cccc(F)c3)cc2)cc1. The molecule has 1 N–H and O–H groups in total. The van der Waals surface area contributed by atoms with Crippen LogP contribution in [0.15, 0.2) is 72.8 Å². The number of methoxy groups -OCH3 is 1. The Bertz CT molecular complexity index is 858. The molecule has 126 valence electrons. The number of hydrogen-bond donors (Lipinski definition) is 1. The normalized spacial score (nSPS) is 10.3. The van der Waals surface area contributed by atoms with Gasteiger partial charge in [0.1, 0.15) is 5.82 Å². The van der Waals surface area contributed by atoms with Crippen molar-refractivity contribution in [1.82, 2.24) is 0 Å². The molecule has 0 radical (unpaired) electrons. The highest BCUT2D eigenvalue weighted by Gasteiger charge is 2.05. The fraction of sp³-hybridized carbons (Fsp3) is 0.0952. The molecule has 0 amide bonds. The molecule has 0 spiro atoms. The molecule has 0 unspecified atom stereocenters. The largest absolute Gasteiger partial charge is 0.465 e. The van der Waals surface area contributed by atoms with Crippen molar-refractivity contribution < 1.29 is 13.9 Å². The van der Waals surface area contributed by atoms with Gasteiger partial charge >= 0.3 is 5.97 Å². The van der Waals surface area contributed by atoms with Crippen LogP contribution in [0.4, 0.5) is 10.1 Å². The number of nitrogens with one attached hydrogen (secondary N) is 1. The molecule has 0 aliphatic carbocycles. The van der Waals surface area contributed by atoms with Crippen LogP contribution in [0.3, 0.4) is 0 Å². The number of carbonyl (C=O) groups is 1. The van der Waals surface area contributed by atoms with Crippen molar-refractivity contribution in [2.24, 2.45) is 0 Å². The van der Waals surface area contributed by atoms with Gasteiger partial charge in [-0.3, -0.25) is 0 Å². The first-order valence-corrected chi connectivity index (χ1v) is 7.93. The Balaban J connectivity index is 1.66. The Morgan fingerprint density at radius 1 is 0.960 bits per heavy atom. The molecule has 0 bridgehead atoms. The summed E-state index contributed by atoms with van der Waals surface area (Å²) in [5.41, 5.74) is 4.46. The van der Waals surface area contributed by atoms with Crippen molar-refractivity contribution >= 4 is 11.7 Å². The monoisotopic (exact) mass is 335 g/mol. The summed E-state index contributed by atoms with van der Waals surface area (Å²) >= 11 is 0. The first-order valence-electron chi connectivity index (χ1n) is 7.93. The highest BCUT2D eigenvalue weighted by atomic mass is 19.1. The van der Waals surface area contributed by atoms with Gasteiger partial charge in [0.2, 0.25) is 0 Å². The summed E-state index contributed by atoms with van der Waals surface area (Å²) < 4.78 is 17.9. The molecule has 0 fully saturated rings. The predicted molar refractivity (Wildman–Crippen MR) is 96.9 cm³/mol. The van der Waals surface area contributed by atoms with Crippen LogP contribution in [0.25, 0.3) is 11.1 Å². The number of ether oxygens (including phenoxy) is 1. The molecule has 0 saturated carbocycles. The molecule has 0 aliphatic rings. The van der Waals surface area contributed by atoms with Crippen molar-refractivity contribution in [2.75, 3.05) is 12.4 Å². The van der Waals surface area contributed by atoms with E-state index in [0.29, 0.717) is 12.1 Å². The zero-order chi connectivity index (χ0) is 17.6. The maximum absolute atomic E-state index is 13.2. The molecular weight excluding hydrogens is 317 g/mol. The maximum Gasteiger partial charge on any atom is 0.337 e. The van der Waals surface area contributed by atoms with E-state index in [4.69, 9.17) is 4.74 Å². The second-order valence-corrected chi connectivity index (χ2v) is 5.63. The van der Waals surface area contributed by atoms with E-state index in [1.807, 2.05) is 42.5 Å². The van der Waals surface area contributed by atoms with Gasteiger partial charge in [0, 0.05) is 12.2 Å². The number of anilines is 1. The van der Waals surface area contributed by atoms with Crippen LogP contribution in [0.1, 0.15) is 15.9 Å². The van der Waals surface area contributed by atoms with E-state index in [0.717, 1.165) is 22.4 Å². The number of benzene rings is 3. The Labute approximate surface area is 146 Å². The van der Waals surface area contributed by atoms with Crippen molar-refractivity contribution in [3.63, 3.8) is 0 Å². The van der Waals surface area contributed by atoms with Gasteiger partial charge in [-0.15, -0.1) is 0 Å². The molecule has 3 nitrogen and oxygen atoms in total. The average molecular weight is 335 g/mol. The van der Waals surface area contributed by atoms with E-state index < -0.39 is 0 Å². The Morgan fingerprint density at radius 2 is 1.60 bits per heavy atom. The van der Waals surface area contributed by atoms with Gasteiger partial charge in [0.05, 0.1) is 12.7 Å². The van der Waals surface area contributed by atoms with E-state index in [9.17, 15) is 9.18 Å². The van der Waals surface area contributed by atoms with Crippen LogP contribution in [-0.2, 0) is 11.3 Å². The standard InChI is InChI=1S/C21H18FNO2/c1-25-21(24)18-11-9-17(10-12-18)16-7-5-15(6-8-16)14-23-20-4-2-3-19(22)13-20/h2-13,23H,14H2,1H3. The van der Waals surface area contributed by atoms with Gasteiger partial charge in [-0.05, 0) is 47.0 Å². The van der Waals surface area contributed by atoms with E-state index in [2.05, 4.69) is 5.32 Å². The fourth-order valence-corrected chi connectivity index (χ4v) is 2.53. The molecule has 0 aromatic heterocycles. The van der Waals surface area contributed by atoms with Crippen molar-refractivity contribution in [2.45, 2.75) is 6.54 Å². The average Bonchev–Trinajstić information content (AvgIpc) is 2.66. The number of rotatable bonds is 5. The summed E-state index contributed by atoms with van der Waals surface area (Å²) in [6, 6.07) is 21.8. The first-order chi connectivity index (χ1) is 12.2. The quantitative estimate of drug-likeness (QED) is 0.675. The molecular formula is C21H18FNO2. The van der Waals surface area contributed by atoms with Gasteiger partial charge in [0.15, 0.2) is 0 Å². The van der Waals surface area contributed by atoms with E-state index >= 15 is 0 Å². The lowest BCUT2D eigenvalue weighted by Crippen LogP contribution is -2.00. The van der Waals surface area contributed by atoms with Crippen molar-refractivity contribution in [3.8, 4) is 11.1 Å². The smallest absolute Gasteiger partial charge is 0.337 e. The van der Waals surface area contributed by atoms with Crippen LogP contribution < -0.4 is 5.32 Å². The summed E-state index contributed by atoms with van der Waals surface area (Å²) in [5, 5.41) is 3.20. The minimum atomic E-state index is -0.342. The summed E-state index contributed by atoms with van der Waals surface area (Å²) in [5.74, 6) is -0.596. The fourth-order valence-electron chi connectivity index (χ4n) is 2.53. The van der Waals surface area contributed by atoms with Crippen LogP contribution in [0.2, 0.25) is 0 Å². The van der Waals surface area contributed by atoms with E-state index in [1.54, 1.807) is 18.2 Å². The van der Waals surface area contributed by atoms with Crippen molar-refractivity contribution in [1.29, 1.82) is 0 Å². The number of esters is 1. The topological polar surface area (TPSA) is 38.3 Å². The Hall–Kier alpha value is -3.14. The Morgan fingerprint density at radius 3 is 2.20 bits per heavy atom. The van der Waals surface area contributed by atoms with Gasteiger partial charge in [0.25, 0.3) is 0 Å². The molecule has 0 saturated heterocycles. The molecule has 0 atom stereocenters. The third kappa shape index (κ3) is 4.23. The maximum atomic E-state index is 13.2. The summed E-state index contributed by atoms with van der Waals surface area (Å²) in [6.07, 6.45) is 0. The van der Waals surface area contributed by atoms with Crippen LogP contribution in [-0.4, -0.2) is 13.1 Å². The number of halogens is 1. The summed E-state index contributed by atoms with van der Waals surface area (Å²) in [4.78, 5) is 11.5. The van der Waals surface area contributed by atoms with E-state index in [1.165, 1.54) is 19.2 Å². The zero-order valence-electron chi connectivity index (χ0n) is 13.8. The van der Waals surface area contributed by atoms with E-state index in [-0.39, 0.29) is 11.8 Å². The minimum Gasteiger partial charge on any atom is -0.465 e. The third-order valence-corrected chi connectivity index (χ3v) is 3.91. The minimum absolute atomic E-state index is 0.254. The lowest BCUT2D eigenvalue weighted by molar-refractivity contribution is 0.0601. The first kappa shape index (κ1) is 16.7. The molecule has 3 rings (SSSR count). The molecule has 0 aliphatic heterocycles. The van der Waals surface area contributed by atoms with Gasteiger partial charge < -0.3 is 10.1 Å². The summed E-state index contributed by atoms with van der Waals surface area (Å²) in [7, 11) is 1.37. The third-order valence-electron chi connectivity index (χ3n) is 3.91. The lowest BCUT2D eigenvalue weighted by Gasteiger charge is -2.08. The van der Waals surface area contributed by atoms with Crippen LogP contribution in [0.5, 0.6) is 0 Å². The highest BCUT2D eigenvalue weighted by molar-refractivity contribution is 5.89. The van der Waals surface area contributed by atoms with Crippen molar-refractivity contribution in [3.05, 3.63) is 89.7 Å². The molecule has 25 heavy (non-hydrogen) atoms. The molecule has 4 heteroatoms. The van der Waals surface area contributed by atoms with Gasteiger partial charge in [-0.2, -0.15) is 0 Å².